The zero-order valence-electron chi connectivity index (χ0n) is 9.70. The maximum Gasteiger partial charge on any atom is 0.168 e. The second kappa shape index (κ2) is 4.05. The monoisotopic (exact) mass is 219 g/mol. The summed E-state index contributed by atoms with van der Waals surface area (Å²) in [4.78, 5) is 0. The molecule has 3 N–H and O–H groups in total. The molecule has 1 unspecified atom stereocenters. The van der Waals surface area contributed by atoms with Crippen molar-refractivity contribution in [3.8, 4) is 6.07 Å². The van der Waals surface area contributed by atoms with Crippen LogP contribution in [0.25, 0.3) is 0 Å². The van der Waals surface area contributed by atoms with E-state index in [1.807, 2.05) is 6.92 Å². The molecular formula is C11H17N5. The van der Waals surface area contributed by atoms with Gasteiger partial charge < -0.3 is 11.1 Å². The molecule has 0 bridgehead atoms. The fourth-order valence-electron chi connectivity index (χ4n) is 1.94. The molecule has 0 aliphatic heterocycles. The molecule has 5 nitrogen and oxygen atoms in total. The van der Waals surface area contributed by atoms with Gasteiger partial charge in [0.25, 0.3) is 0 Å². The fraction of sp³-hybridized carbons (Fsp3) is 0.636. The number of nitrogens with one attached hydrogen (secondary N) is 1. The van der Waals surface area contributed by atoms with Crippen molar-refractivity contribution >= 4 is 11.6 Å². The molecule has 1 aromatic rings. The molecule has 16 heavy (non-hydrogen) atoms. The SMILES string of the molecule is CCNc1nn(C(C)C2CC2)c(N)c1C#N. The van der Waals surface area contributed by atoms with E-state index in [4.69, 9.17) is 11.0 Å². The summed E-state index contributed by atoms with van der Waals surface area (Å²) in [5, 5.41) is 16.5. The van der Waals surface area contributed by atoms with Crippen LogP contribution in [0.15, 0.2) is 0 Å². The van der Waals surface area contributed by atoms with E-state index in [0.717, 1.165) is 6.54 Å². The highest BCUT2D eigenvalue weighted by Gasteiger charge is 2.32. The number of aromatic nitrogens is 2. The lowest BCUT2D eigenvalue weighted by Gasteiger charge is -2.11. The molecule has 0 saturated heterocycles. The lowest BCUT2D eigenvalue weighted by molar-refractivity contribution is 0.447. The van der Waals surface area contributed by atoms with Crippen molar-refractivity contribution in [2.24, 2.45) is 5.92 Å². The van der Waals surface area contributed by atoms with Gasteiger partial charge in [0.15, 0.2) is 5.82 Å². The second-order valence-electron chi connectivity index (χ2n) is 4.27. The van der Waals surface area contributed by atoms with Crippen molar-refractivity contribution in [2.45, 2.75) is 32.7 Å². The maximum atomic E-state index is 9.05. The van der Waals surface area contributed by atoms with E-state index in [1.54, 1.807) is 4.68 Å². The number of nitriles is 1. The van der Waals surface area contributed by atoms with Crippen molar-refractivity contribution in [3.05, 3.63) is 5.56 Å². The Labute approximate surface area is 95.2 Å². The van der Waals surface area contributed by atoms with E-state index in [9.17, 15) is 0 Å². The average molecular weight is 219 g/mol. The normalized spacial score (nSPS) is 16.8. The van der Waals surface area contributed by atoms with Crippen molar-refractivity contribution in [1.29, 1.82) is 5.26 Å². The third-order valence-corrected chi connectivity index (χ3v) is 3.09. The van der Waals surface area contributed by atoms with Gasteiger partial charge in [0.05, 0.1) is 6.04 Å². The van der Waals surface area contributed by atoms with E-state index in [0.29, 0.717) is 29.2 Å². The Morgan fingerprint density at radius 3 is 2.88 bits per heavy atom. The Morgan fingerprint density at radius 1 is 1.69 bits per heavy atom. The molecule has 1 atom stereocenters. The van der Waals surface area contributed by atoms with Crippen molar-refractivity contribution < 1.29 is 0 Å². The molecular weight excluding hydrogens is 202 g/mol. The van der Waals surface area contributed by atoms with E-state index >= 15 is 0 Å². The zero-order valence-corrected chi connectivity index (χ0v) is 9.70. The van der Waals surface area contributed by atoms with Crippen molar-refractivity contribution in [3.63, 3.8) is 0 Å². The molecule has 0 spiro atoms. The molecule has 1 heterocycles. The number of nitrogen functional groups attached to an aromatic ring is 1. The number of nitrogens with two attached hydrogens (primary N) is 1. The number of hydrogen-bond donors (Lipinski definition) is 2. The Morgan fingerprint density at radius 2 is 2.38 bits per heavy atom. The topological polar surface area (TPSA) is 79.7 Å². The van der Waals surface area contributed by atoms with Crippen LogP contribution >= 0.6 is 0 Å². The summed E-state index contributed by atoms with van der Waals surface area (Å²) in [5.74, 6) is 1.76. The highest BCUT2D eigenvalue weighted by Crippen LogP contribution is 2.41. The third-order valence-electron chi connectivity index (χ3n) is 3.09. The average Bonchev–Trinajstić information content (AvgIpc) is 3.05. The number of rotatable bonds is 4. The van der Waals surface area contributed by atoms with Crippen LogP contribution in [0.2, 0.25) is 0 Å². The Bertz CT molecular complexity index is 424. The molecule has 1 aliphatic carbocycles. The Balaban J connectivity index is 2.35. The lowest BCUT2D eigenvalue weighted by Crippen LogP contribution is -2.12. The van der Waals surface area contributed by atoms with Crippen LogP contribution in [0.5, 0.6) is 0 Å². The minimum Gasteiger partial charge on any atom is -0.383 e. The molecule has 1 aromatic heterocycles. The standard InChI is InChI=1S/C11H17N5/c1-3-14-11-9(6-12)10(13)16(15-11)7(2)8-4-5-8/h7-8H,3-5,13H2,1-2H3,(H,14,15). The van der Waals surface area contributed by atoms with Gasteiger partial charge in [-0.05, 0) is 32.6 Å². The Hall–Kier alpha value is -1.70. The summed E-state index contributed by atoms with van der Waals surface area (Å²) in [7, 11) is 0. The first-order valence-corrected chi connectivity index (χ1v) is 5.71. The molecule has 1 aliphatic rings. The zero-order chi connectivity index (χ0) is 11.7. The second-order valence-corrected chi connectivity index (χ2v) is 4.27. The lowest BCUT2D eigenvalue weighted by atomic mass is 10.2. The molecule has 86 valence electrons. The molecule has 2 rings (SSSR count). The minimum absolute atomic E-state index is 0.291. The van der Waals surface area contributed by atoms with Crippen molar-refractivity contribution in [1.82, 2.24) is 9.78 Å². The highest BCUT2D eigenvalue weighted by molar-refractivity contribution is 5.63. The van der Waals surface area contributed by atoms with Gasteiger partial charge in [-0.1, -0.05) is 0 Å². The predicted octanol–water partition coefficient (Wildman–Crippen LogP) is 1.74. The van der Waals surface area contributed by atoms with E-state index in [1.165, 1.54) is 12.8 Å². The molecule has 0 aromatic carbocycles. The van der Waals surface area contributed by atoms with Gasteiger partial charge in [-0.3, -0.25) is 0 Å². The molecule has 5 heteroatoms. The van der Waals surface area contributed by atoms with Crippen LogP contribution in [-0.2, 0) is 0 Å². The van der Waals surface area contributed by atoms with Crippen LogP contribution in [0.1, 0.15) is 38.3 Å². The van der Waals surface area contributed by atoms with Crippen molar-refractivity contribution in [2.75, 3.05) is 17.6 Å². The van der Waals surface area contributed by atoms with Gasteiger partial charge in [-0.15, -0.1) is 0 Å². The van der Waals surface area contributed by atoms with Crippen LogP contribution < -0.4 is 11.1 Å². The van der Waals surface area contributed by atoms with Crippen LogP contribution in [0.4, 0.5) is 11.6 Å². The van der Waals surface area contributed by atoms with Crippen LogP contribution in [-0.4, -0.2) is 16.3 Å². The summed E-state index contributed by atoms with van der Waals surface area (Å²) in [6, 6.07) is 2.40. The van der Waals surface area contributed by atoms with Gasteiger partial charge in [0, 0.05) is 6.54 Å². The van der Waals surface area contributed by atoms with Crippen LogP contribution in [0, 0.1) is 17.2 Å². The Kier molecular flexibility index (Phi) is 2.73. The number of hydrogen-bond acceptors (Lipinski definition) is 4. The number of anilines is 2. The molecule has 1 fully saturated rings. The maximum absolute atomic E-state index is 9.05. The molecule has 0 radical (unpaired) electrons. The predicted molar refractivity (Wildman–Crippen MR) is 63.0 cm³/mol. The largest absolute Gasteiger partial charge is 0.383 e. The van der Waals surface area contributed by atoms with E-state index < -0.39 is 0 Å². The number of nitrogens with zero attached hydrogens (tertiary/aromatic N) is 3. The van der Waals surface area contributed by atoms with Gasteiger partial charge in [-0.2, -0.15) is 10.4 Å². The van der Waals surface area contributed by atoms with E-state index in [-0.39, 0.29) is 0 Å². The molecule has 0 amide bonds. The first-order valence-electron chi connectivity index (χ1n) is 5.71. The summed E-state index contributed by atoms with van der Waals surface area (Å²) in [6.07, 6.45) is 2.47. The summed E-state index contributed by atoms with van der Waals surface area (Å²) in [6.45, 7) is 4.82. The molecule has 1 saturated carbocycles. The highest BCUT2D eigenvalue weighted by atomic mass is 15.4. The van der Waals surface area contributed by atoms with Gasteiger partial charge in [-0.25, -0.2) is 4.68 Å². The van der Waals surface area contributed by atoms with Gasteiger partial charge >= 0.3 is 0 Å². The summed E-state index contributed by atoms with van der Waals surface area (Å²) >= 11 is 0. The van der Waals surface area contributed by atoms with E-state index in [2.05, 4.69) is 23.4 Å². The smallest absolute Gasteiger partial charge is 0.168 e. The summed E-state index contributed by atoms with van der Waals surface area (Å²) in [5.41, 5.74) is 6.42. The first kappa shape index (κ1) is 10.8. The minimum atomic E-state index is 0.291. The fourth-order valence-corrected chi connectivity index (χ4v) is 1.94. The van der Waals surface area contributed by atoms with Crippen LogP contribution in [0.3, 0.4) is 0 Å². The van der Waals surface area contributed by atoms with Gasteiger partial charge in [0.2, 0.25) is 0 Å². The first-order chi connectivity index (χ1) is 7.69. The van der Waals surface area contributed by atoms with Gasteiger partial charge in [0.1, 0.15) is 17.5 Å². The third kappa shape index (κ3) is 1.71. The quantitative estimate of drug-likeness (QED) is 0.808. The summed E-state index contributed by atoms with van der Waals surface area (Å²) < 4.78 is 1.79.